The Bertz CT molecular complexity index is 859. The van der Waals surface area contributed by atoms with Crippen LogP contribution in [0, 0.1) is 5.92 Å². The Morgan fingerprint density at radius 2 is 1.71 bits per heavy atom. The van der Waals surface area contributed by atoms with E-state index in [9.17, 15) is 5.11 Å². The molecule has 0 bridgehead atoms. The molecular weight excluding hydrogens is 404 g/mol. The summed E-state index contributed by atoms with van der Waals surface area (Å²) in [6.07, 6.45) is 7.23. The summed E-state index contributed by atoms with van der Waals surface area (Å²) in [5.74, 6) is 0.226. The van der Waals surface area contributed by atoms with Crippen LogP contribution in [0.4, 0.5) is 0 Å². The van der Waals surface area contributed by atoms with Crippen molar-refractivity contribution < 1.29 is 5.11 Å². The highest BCUT2D eigenvalue weighted by molar-refractivity contribution is 6.30. The lowest BCUT2D eigenvalue weighted by atomic mass is 9.74. The van der Waals surface area contributed by atoms with Gasteiger partial charge in [-0.3, -0.25) is 0 Å². The quantitative estimate of drug-likeness (QED) is 0.655. The fraction of sp³-hybridized carbons (Fsp3) is 0.481. The van der Waals surface area contributed by atoms with Crippen LogP contribution in [-0.2, 0) is 6.42 Å². The molecule has 0 spiro atoms. The number of rotatable bonds is 5. The standard InChI is InChI=1S/C27H35ClN2O/c1-29-15-17-30(18-16-29)21-25-10-6-5-9-24(19-22-7-3-2-4-8-22)27(25,31)20-23-11-13-26(28)14-12-23/h2-4,7-8,11-14,19,25,31H,5-6,9-10,15-18,20-21H2,1H3/b24-19-. The van der Waals surface area contributed by atoms with E-state index < -0.39 is 5.60 Å². The van der Waals surface area contributed by atoms with Crippen LogP contribution in [0.5, 0.6) is 0 Å². The normalized spacial score (nSPS) is 27.3. The minimum Gasteiger partial charge on any atom is -0.385 e. The topological polar surface area (TPSA) is 26.7 Å². The van der Waals surface area contributed by atoms with Crippen LogP contribution >= 0.6 is 11.6 Å². The molecule has 0 amide bonds. The minimum absolute atomic E-state index is 0.226. The average Bonchev–Trinajstić information content (AvgIpc) is 2.92. The van der Waals surface area contributed by atoms with Gasteiger partial charge in [0.05, 0.1) is 5.60 Å². The molecule has 31 heavy (non-hydrogen) atoms. The summed E-state index contributed by atoms with van der Waals surface area (Å²) in [5, 5.41) is 13.1. The van der Waals surface area contributed by atoms with Gasteiger partial charge in [-0.15, -0.1) is 0 Å². The van der Waals surface area contributed by atoms with Gasteiger partial charge < -0.3 is 14.9 Å². The van der Waals surface area contributed by atoms with E-state index in [2.05, 4.69) is 59.3 Å². The Balaban J connectivity index is 1.66. The lowest BCUT2D eigenvalue weighted by molar-refractivity contribution is -0.00643. The Morgan fingerprint density at radius 3 is 2.42 bits per heavy atom. The van der Waals surface area contributed by atoms with Gasteiger partial charge in [0.2, 0.25) is 0 Å². The molecule has 166 valence electrons. The van der Waals surface area contributed by atoms with Crippen molar-refractivity contribution in [2.45, 2.75) is 37.7 Å². The zero-order valence-electron chi connectivity index (χ0n) is 18.6. The zero-order valence-corrected chi connectivity index (χ0v) is 19.4. The number of piperazine rings is 1. The molecule has 1 aliphatic carbocycles. The second-order valence-electron chi connectivity index (χ2n) is 9.35. The summed E-state index contributed by atoms with van der Waals surface area (Å²) in [6, 6.07) is 18.5. The van der Waals surface area contributed by atoms with E-state index in [0.717, 1.165) is 62.6 Å². The Morgan fingerprint density at radius 1 is 1.00 bits per heavy atom. The molecule has 4 rings (SSSR count). The van der Waals surface area contributed by atoms with Gasteiger partial charge in [-0.05, 0) is 55.1 Å². The lowest BCUT2D eigenvalue weighted by Crippen LogP contribution is -2.51. The number of likely N-dealkylation sites (N-methyl/N-ethyl adjacent to an activating group) is 1. The van der Waals surface area contributed by atoms with E-state index in [4.69, 9.17) is 11.6 Å². The molecule has 2 aromatic carbocycles. The molecule has 1 saturated heterocycles. The molecular formula is C27H35ClN2O. The maximum absolute atomic E-state index is 12.4. The first-order valence-corrected chi connectivity index (χ1v) is 12.0. The number of nitrogens with zero attached hydrogens (tertiary/aromatic N) is 2. The molecule has 2 aromatic rings. The van der Waals surface area contributed by atoms with Gasteiger partial charge in [-0.25, -0.2) is 0 Å². The smallest absolute Gasteiger partial charge is 0.0940 e. The van der Waals surface area contributed by atoms with Crippen molar-refractivity contribution in [3.05, 3.63) is 76.3 Å². The van der Waals surface area contributed by atoms with Gasteiger partial charge in [0.15, 0.2) is 0 Å². The molecule has 0 aromatic heterocycles. The number of aliphatic hydroxyl groups is 1. The Labute approximate surface area is 192 Å². The van der Waals surface area contributed by atoms with E-state index in [1.54, 1.807) is 0 Å². The molecule has 3 nitrogen and oxygen atoms in total. The van der Waals surface area contributed by atoms with Crippen LogP contribution in [0.25, 0.3) is 6.08 Å². The fourth-order valence-corrected chi connectivity index (χ4v) is 5.25. The van der Waals surface area contributed by atoms with Gasteiger partial charge in [-0.2, -0.15) is 0 Å². The highest BCUT2D eigenvalue weighted by Crippen LogP contribution is 2.41. The fourth-order valence-electron chi connectivity index (χ4n) is 5.13. The summed E-state index contributed by atoms with van der Waals surface area (Å²) < 4.78 is 0. The van der Waals surface area contributed by atoms with Crippen molar-refractivity contribution in [3.63, 3.8) is 0 Å². The van der Waals surface area contributed by atoms with Crippen molar-refractivity contribution in [1.82, 2.24) is 9.80 Å². The average molecular weight is 439 g/mol. The highest BCUT2D eigenvalue weighted by atomic mass is 35.5. The van der Waals surface area contributed by atoms with Crippen molar-refractivity contribution in [2.24, 2.45) is 5.92 Å². The first-order chi connectivity index (χ1) is 15.0. The van der Waals surface area contributed by atoms with Crippen LogP contribution < -0.4 is 0 Å². The Kier molecular flexibility index (Phi) is 7.50. The first kappa shape index (κ1) is 22.5. The van der Waals surface area contributed by atoms with Crippen LogP contribution in [0.1, 0.15) is 36.8 Å². The second kappa shape index (κ2) is 10.3. The second-order valence-corrected chi connectivity index (χ2v) is 9.79. The molecule has 1 saturated carbocycles. The summed E-state index contributed by atoms with van der Waals surface area (Å²) in [6.45, 7) is 5.34. The van der Waals surface area contributed by atoms with E-state index in [1.807, 2.05) is 18.2 Å². The molecule has 2 atom stereocenters. The first-order valence-electron chi connectivity index (χ1n) is 11.7. The van der Waals surface area contributed by atoms with Crippen LogP contribution in [-0.4, -0.2) is 60.3 Å². The van der Waals surface area contributed by atoms with Crippen LogP contribution in [0.2, 0.25) is 5.02 Å². The van der Waals surface area contributed by atoms with Crippen molar-refractivity contribution in [1.29, 1.82) is 0 Å². The largest absolute Gasteiger partial charge is 0.385 e. The van der Waals surface area contributed by atoms with E-state index >= 15 is 0 Å². The summed E-state index contributed by atoms with van der Waals surface area (Å²) in [4.78, 5) is 4.95. The van der Waals surface area contributed by atoms with Crippen molar-refractivity contribution >= 4 is 17.7 Å². The SMILES string of the molecule is CN1CCN(CC2CCCC/C(=C/c3ccccc3)C2(O)Cc2ccc(Cl)cc2)CC1. The number of hydrogen-bond donors (Lipinski definition) is 1. The van der Waals surface area contributed by atoms with Crippen molar-refractivity contribution in [3.8, 4) is 0 Å². The molecule has 2 fully saturated rings. The molecule has 1 heterocycles. The van der Waals surface area contributed by atoms with Crippen molar-refractivity contribution in [2.75, 3.05) is 39.8 Å². The molecule has 2 aliphatic rings. The minimum atomic E-state index is -0.844. The molecule has 1 aliphatic heterocycles. The van der Waals surface area contributed by atoms with E-state index in [0.29, 0.717) is 6.42 Å². The predicted molar refractivity (Wildman–Crippen MR) is 130 cm³/mol. The van der Waals surface area contributed by atoms with Crippen LogP contribution in [0.3, 0.4) is 0 Å². The summed E-state index contributed by atoms with van der Waals surface area (Å²) in [7, 11) is 2.20. The van der Waals surface area contributed by atoms with Gasteiger partial charge in [-0.1, -0.05) is 66.6 Å². The van der Waals surface area contributed by atoms with Gasteiger partial charge >= 0.3 is 0 Å². The molecule has 2 unspecified atom stereocenters. The van der Waals surface area contributed by atoms with E-state index in [-0.39, 0.29) is 5.92 Å². The molecule has 1 N–H and O–H groups in total. The lowest BCUT2D eigenvalue weighted by Gasteiger charge is -2.42. The maximum atomic E-state index is 12.4. The van der Waals surface area contributed by atoms with E-state index in [1.165, 1.54) is 17.6 Å². The summed E-state index contributed by atoms with van der Waals surface area (Å²) in [5.41, 5.74) is 2.66. The third-order valence-electron chi connectivity index (χ3n) is 7.08. The zero-order chi connectivity index (χ0) is 21.7. The number of hydrogen-bond acceptors (Lipinski definition) is 3. The maximum Gasteiger partial charge on any atom is 0.0940 e. The molecule has 4 heteroatoms. The Hall–Kier alpha value is -1.65. The summed E-state index contributed by atoms with van der Waals surface area (Å²) >= 11 is 6.14. The third-order valence-corrected chi connectivity index (χ3v) is 7.33. The third kappa shape index (κ3) is 5.78. The van der Waals surface area contributed by atoms with Gasteiger partial charge in [0.25, 0.3) is 0 Å². The predicted octanol–water partition coefficient (Wildman–Crippen LogP) is 5.13. The number of benzene rings is 2. The van der Waals surface area contributed by atoms with Crippen LogP contribution in [0.15, 0.2) is 60.2 Å². The monoisotopic (exact) mass is 438 g/mol. The highest BCUT2D eigenvalue weighted by Gasteiger charge is 2.42. The molecule has 0 radical (unpaired) electrons. The van der Waals surface area contributed by atoms with Gasteiger partial charge in [0, 0.05) is 50.1 Å². The number of halogens is 1. The van der Waals surface area contributed by atoms with Gasteiger partial charge in [0.1, 0.15) is 0 Å².